The van der Waals surface area contributed by atoms with Crippen LogP contribution < -0.4 is 9.47 Å². The Kier molecular flexibility index (Phi) is 2.88. The molecule has 0 radical (unpaired) electrons. The molecule has 0 spiro atoms. The third-order valence-corrected chi connectivity index (χ3v) is 5.10. The van der Waals surface area contributed by atoms with E-state index in [1.807, 2.05) is 0 Å². The van der Waals surface area contributed by atoms with E-state index in [1.54, 1.807) is 12.1 Å². The standard InChI is InChI=1S/C18H16O6/c1-23-9-4-6-13-12(7-9)16(20)18(22)14-8-10(24-2)3-5-11(14)15(19)17(13,18)21/h3-8,16,20-22H,1-2H3/t16-,17-,18-/m1/s1. The molecule has 0 aliphatic heterocycles. The smallest absolute Gasteiger partial charge is 0.202 e. The van der Waals surface area contributed by atoms with E-state index in [0.29, 0.717) is 11.5 Å². The first kappa shape index (κ1) is 15.1. The molecule has 124 valence electrons. The van der Waals surface area contributed by atoms with E-state index in [9.17, 15) is 20.1 Å². The molecular weight excluding hydrogens is 312 g/mol. The number of benzene rings is 2. The van der Waals surface area contributed by atoms with Crippen LogP contribution in [0, 0.1) is 0 Å². The number of carbonyl (C=O) groups is 1. The minimum atomic E-state index is -2.25. The summed E-state index contributed by atoms with van der Waals surface area (Å²) in [6.45, 7) is 0. The Morgan fingerprint density at radius 2 is 1.58 bits per heavy atom. The van der Waals surface area contributed by atoms with Crippen molar-refractivity contribution in [3.8, 4) is 11.5 Å². The zero-order chi connectivity index (χ0) is 17.3. The number of Topliss-reactive ketones (excluding diaryl/α,β-unsaturated/α-hetero) is 1. The Hall–Kier alpha value is -2.41. The van der Waals surface area contributed by atoms with Gasteiger partial charge in [-0.2, -0.15) is 0 Å². The fourth-order valence-electron chi connectivity index (χ4n) is 3.85. The summed E-state index contributed by atoms with van der Waals surface area (Å²) in [7, 11) is 2.93. The molecule has 6 nitrogen and oxygen atoms in total. The van der Waals surface area contributed by atoms with Gasteiger partial charge in [0.25, 0.3) is 0 Å². The summed E-state index contributed by atoms with van der Waals surface area (Å²) in [6, 6.07) is 9.12. The first-order valence-electron chi connectivity index (χ1n) is 7.44. The maximum atomic E-state index is 12.9. The number of methoxy groups -OCH3 is 2. The highest BCUT2D eigenvalue weighted by Gasteiger charge is 2.71. The highest BCUT2D eigenvalue weighted by molar-refractivity contribution is 6.10. The summed E-state index contributed by atoms with van der Waals surface area (Å²) in [5, 5.41) is 33.2. The number of fused-ring (bicyclic) bond motifs is 5. The Morgan fingerprint density at radius 1 is 0.958 bits per heavy atom. The van der Waals surface area contributed by atoms with Crippen molar-refractivity contribution in [2.75, 3.05) is 14.2 Å². The van der Waals surface area contributed by atoms with Crippen molar-refractivity contribution in [1.29, 1.82) is 0 Å². The van der Waals surface area contributed by atoms with Crippen LogP contribution in [0.25, 0.3) is 0 Å². The van der Waals surface area contributed by atoms with Crippen molar-refractivity contribution >= 4 is 5.78 Å². The van der Waals surface area contributed by atoms with Crippen molar-refractivity contribution in [3.05, 3.63) is 58.7 Å². The van der Waals surface area contributed by atoms with Gasteiger partial charge in [0.05, 0.1) is 14.2 Å². The van der Waals surface area contributed by atoms with E-state index in [-0.39, 0.29) is 22.3 Å². The monoisotopic (exact) mass is 328 g/mol. The molecular formula is C18H16O6. The largest absolute Gasteiger partial charge is 0.497 e. The average Bonchev–Trinajstić information content (AvgIpc) is 2.90. The third kappa shape index (κ3) is 1.44. The highest BCUT2D eigenvalue weighted by atomic mass is 16.5. The molecule has 24 heavy (non-hydrogen) atoms. The van der Waals surface area contributed by atoms with Gasteiger partial charge in [0, 0.05) is 16.7 Å². The summed E-state index contributed by atoms with van der Waals surface area (Å²) < 4.78 is 10.3. The molecule has 0 fully saturated rings. The van der Waals surface area contributed by atoms with Crippen molar-refractivity contribution in [1.82, 2.24) is 0 Å². The molecule has 0 saturated heterocycles. The summed E-state index contributed by atoms with van der Waals surface area (Å²) in [5.41, 5.74) is -3.66. The number of aliphatic hydroxyl groups is 3. The Labute approximate surface area is 137 Å². The van der Waals surface area contributed by atoms with Gasteiger partial charge in [0.2, 0.25) is 5.78 Å². The van der Waals surface area contributed by atoms with Crippen LogP contribution in [0.1, 0.15) is 33.2 Å². The normalized spacial score (nSPS) is 29.9. The number of aliphatic hydroxyl groups excluding tert-OH is 1. The lowest BCUT2D eigenvalue weighted by molar-refractivity contribution is -0.171. The molecule has 4 rings (SSSR count). The third-order valence-electron chi connectivity index (χ3n) is 5.10. The van der Waals surface area contributed by atoms with Gasteiger partial charge in [-0.25, -0.2) is 0 Å². The number of ether oxygens (including phenoxy) is 2. The van der Waals surface area contributed by atoms with Crippen molar-refractivity contribution < 1.29 is 29.6 Å². The Bertz CT molecular complexity index is 876. The minimum Gasteiger partial charge on any atom is -0.497 e. The van der Waals surface area contributed by atoms with Crippen molar-refractivity contribution in [3.63, 3.8) is 0 Å². The predicted molar refractivity (Wildman–Crippen MR) is 83.1 cm³/mol. The average molecular weight is 328 g/mol. The Balaban J connectivity index is 2.02. The molecule has 0 heterocycles. The second kappa shape index (κ2) is 4.57. The highest BCUT2D eigenvalue weighted by Crippen LogP contribution is 2.62. The maximum absolute atomic E-state index is 12.9. The van der Waals surface area contributed by atoms with Gasteiger partial charge in [-0.05, 0) is 35.9 Å². The lowest BCUT2D eigenvalue weighted by Gasteiger charge is -2.33. The van der Waals surface area contributed by atoms with Gasteiger partial charge in [-0.15, -0.1) is 0 Å². The number of carbonyl (C=O) groups excluding carboxylic acids is 1. The van der Waals surface area contributed by atoms with Crippen LogP contribution in [0.4, 0.5) is 0 Å². The van der Waals surface area contributed by atoms with Crippen LogP contribution in [-0.2, 0) is 11.2 Å². The first-order valence-corrected chi connectivity index (χ1v) is 7.44. The first-order chi connectivity index (χ1) is 11.4. The van der Waals surface area contributed by atoms with Crippen LogP contribution in [0.15, 0.2) is 36.4 Å². The maximum Gasteiger partial charge on any atom is 0.202 e. The fourth-order valence-corrected chi connectivity index (χ4v) is 3.85. The van der Waals surface area contributed by atoms with Gasteiger partial charge < -0.3 is 24.8 Å². The second-order valence-corrected chi connectivity index (χ2v) is 6.07. The van der Waals surface area contributed by atoms with E-state index in [0.717, 1.165) is 0 Å². The van der Waals surface area contributed by atoms with Gasteiger partial charge in [-0.3, -0.25) is 4.79 Å². The molecule has 0 saturated carbocycles. The van der Waals surface area contributed by atoms with E-state index < -0.39 is 23.1 Å². The van der Waals surface area contributed by atoms with E-state index in [4.69, 9.17) is 9.47 Å². The van der Waals surface area contributed by atoms with Gasteiger partial charge in [-0.1, -0.05) is 6.07 Å². The molecule has 0 bridgehead atoms. The van der Waals surface area contributed by atoms with E-state index in [1.165, 1.54) is 38.5 Å². The number of rotatable bonds is 2. The molecule has 2 aliphatic carbocycles. The molecule has 6 heteroatoms. The van der Waals surface area contributed by atoms with Gasteiger partial charge in [0.1, 0.15) is 17.6 Å². The molecule has 0 amide bonds. The number of hydrogen-bond donors (Lipinski definition) is 3. The molecule has 0 aromatic heterocycles. The molecule has 2 aromatic carbocycles. The van der Waals surface area contributed by atoms with Crippen molar-refractivity contribution in [2.24, 2.45) is 0 Å². The van der Waals surface area contributed by atoms with Gasteiger partial charge >= 0.3 is 0 Å². The molecule has 3 atom stereocenters. The van der Waals surface area contributed by atoms with Gasteiger partial charge in [0.15, 0.2) is 11.2 Å². The molecule has 2 aromatic rings. The van der Waals surface area contributed by atoms with Crippen LogP contribution >= 0.6 is 0 Å². The summed E-state index contributed by atoms with van der Waals surface area (Å²) >= 11 is 0. The quantitative estimate of drug-likeness (QED) is 0.762. The van der Waals surface area contributed by atoms with Crippen LogP contribution in [0.5, 0.6) is 11.5 Å². The number of ketones is 1. The number of hydrogen-bond acceptors (Lipinski definition) is 6. The lowest BCUT2D eigenvalue weighted by Crippen LogP contribution is -2.48. The fraction of sp³-hybridized carbons (Fsp3) is 0.278. The molecule has 0 unspecified atom stereocenters. The molecule has 2 aliphatic rings. The zero-order valence-electron chi connectivity index (χ0n) is 13.1. The summed E-state index contributed by atoms with van der Waals surface area (Å²) in [4.78, 5) is 12.9. The van der Waals surface area contributed by atoms with Crippen LogP contribution in [0.2, 0.25) is 0 Å². The summed E-state index contributed by atoms with van der Waals surface area (Å²) in [5.74, 6) is 0.226. The van der Waals surface area contributed by atoms with Crippen LogP contribution in [-0.4, -0.2) is 35.3 Å². The van der Waals surface area contributed by atoms with E-state index in [2.05, 4.69) is 0 Å². The summed E-state index contributed by atoms with van der Waals surface area (Å²) in [6.07, 6.45) is -1.48. The zero-order valence-corrected chi connectivity index (χ0v) is 13.1. The minimum absolute atomic E-state index is 0.150. The predicted octanol–water partition coefficient (Wildman–Crippen LogP) is 1.02. The molecule has 3 N–H and O–H groups in total. The van der Waals surface area contributed by atoms with Crippen LogP contribution in [0.3, 0.4) is 0 Å². The topological polar surface area (TPSA) is 96.2 Å². The Morgan fingerprint density at radius 3 is 2.25 bits per heavy atom. The lowest BCUT2D eigenvalue weighted by atomic mass is 9.82. The second-order valence-electron chi connectivity index (χ2n) is 6.07. The van der Waals surface area contributed by atoms with E-state index >= 15 is 0 Å². The SMILES string of the molecule is COc1ccc2c(c1)[C@@H](O)[C@]1(O)c3cc(OC)ccc3C(=O)[C@]21O. The van der Waals surface area contributed by atoms with Crippen molar-refractivity contribution in [2.45, 2.75) is 17.3 Å².